The molecule has 0 unspecified atom stereocenters. The van der Waals surface area contributed by atoms with Crippen LogP contribution in [0.4, 0.5) is 65.9 Å². The van der Waals surface area contributed by atoms with E-state index < -0.39 is 94.4 Å². The Balaban J connectivity index is 3.92. The topological polar surface area (TPSA) is 80.3 Å². The maximum absolute atomic E-state index is 13.0. The van der Waals surface area contributed by atoms with Crippen LogP contribution >= 0.6 is 0 Å². The van der Waals surface area contributed by atoms with Crippen molar-refractivity contribution in [1.82, 2.24) is 4.13 Å². The van der Waals surface area contributed by atoms with Crippen LogP contribution in [0.2, 0.25) is 0 Å². The zero-order valence-corrected chi connectivity index (χ0v) is 17.2. The van der Waals surface area contributed by atoms with Crippen molar-refractivity contribution >= 4 is 20.0 Å². The summed E-state index contributed by atoms with van der Waals surface area (Å²) in [4.78, 5) is -2.34. The zero-order valence-electron chi connectivity index (χ0n) is 15.6. The van der Waals surface area contributed by atoms with Crippen LogP contribution in [0, 0.1) is 0 Å². The van der Waals surface area contributed by atoms with E-state index in [0.29, 0.717) is 0 Å². The minimum atomic E-state index is -8.28. The summed E-state index contributed by atoms with van der Waals surface area (Å²) in [5.41, 5.74) is -3.95. The third-order valence-electron chi connectivity index (χ3n) is 3.83. The highest BCUT2D eigenvalue weighted by atomic mass is 32.3. The summed E-state index contributed by atoms with van der Waals surface area (Å²) in [5, 5.41) is 0. The van der Waals surface area contributed by atoms with Crippen LogP contribution in [-0.2, 0) is 32.6 Å². The number of sulfonamides is 2. The molecule has 22 heteroatoms. The fraction of sp³-hybridized carbons (Fsp3) is 0.538. The highest BCUT2D eigenvalue weighted by Crippen LogP contribution is 2.57. The van der Waals surface area contributed by atoms with Crippen molar-refractivity contribution in [3.05, 3.63) is 29.3 Å². The van der Waals surface area contributed by atoms with E-state index in [1.807, 2.05) is 0 Å². The molecule has 0 aromatic heterocycles. The normalized spacial score (nSPS) is 15.4. The van der Waals surface area contributed by atoms with E-state index in [0.717, 1.165) is 0 Å². The molecule has 0 amide bonds. The highest BCUT2D eigenvalue weighted by molar-refractivity contribution is 8.05. The Kier molecular flexibility index (Phi) is 7.59. The molecule has 0 aliphatic carbocycles. The second-order valence-electron chi connectivity index (χ2n) is 6.42. The minimum absolute atomic E-state index is 0.355. The maximum atomic E-state index is 13.0. The third-order valence-corrected chi connectivity index (χ3v) is 7.94. The van der Waals surface area contributed by atoms with Crippen LogP contribution in [0.25, 0.3) is 0 Å². The second-order valence-corrected chi connectivity index (χ2v) is 10.2. The van der Waals surface area contributed by atoms with E-state index in [4.69, 9.17) is 0 Å². The average molecular weight is 589 g/mol. The molecule has 0 fully saturated rings. The van der Waals surface area contributed by atoms with E-state index in [1.54, 1.807) is 0 Å². The zero-order chi connectivity index (χ0) is 28.3. The molecule has 35 heavy (non-hydrogen) atoms. The monoisotopic (exact) mass is 589 g/mol. The number of halogens is 15. The van der Waals surface area contributed by atoms with Crippen molar-refractivity contribution in [3.63, 3.8) is 0 Å². The van der Waals surface area contributed by atoms with Crippen LogP contribution in [0.3, 0.4) is 0 Å². The molecule has 0 saturated heterocycles. The summed E-state index contributed by atoms with van der Waals surface area (Å²) >= 11 is 0. The largest absolute Gasteiger partial charge is 0.427 e. The predicted molar refractivity (Wildman–Crippen MR) is 81.3 cm³/mol. The van der Waals surface area contributed by atoms with Gasteiger partial charge in [-0.05, 0) is 23.8 Å². The molecule has 0 radical (unpaired) electrons. The third kappa shape index (κ3) is 6.06. The first-order valence-electron chi connectivity index (χ1n) is 7.76. The summed E-state index contributed by atoms with van der Waals surface area (Å²) in [7, 11) is -15.0. The van der Waals surface area contributed by atoms with Gasteiger partial charge < -0.3 is 0 Å². The molecular weight excluding hydrogens is 583 g/mol. The van der Waals surface area contributed by atoms with Crippen molar-refractivity contribution in [2.24, 2.45) is 0 Å². The molecule has 204 valence electrons. The maximum Gasteiger partial charge on any atom is 0.427 e. The van der Waals surface area contributed by atoms with Gasteiger partial charge in [-0.1, -0.05) is 0 Å². The average Bonchev–Trinajstić information content (AvgIpc) is 2.45. The lowest BCUT2D eigenvalue weighted by atomic mass is 10.1. The summed E-state index contributed by atoms with van der Waals surface area (Å²) in [5.74, 6) is 0. The van der Waals surface area contributed by atoms with Crippen LogP contribution < -0.4 is 4.13 Å². The van der Waals surface area contributed by atoms with Gasteiger partial charge in [0.2, 0.25) is 0 Å². The highest BCUT2D eigenvalue weighted by Gasteiger charge is 2.91. The molecular formula is C13H6F15NO4S2. The van der Waals surface area contributed by atoms with Gasteiger partial charge in [0.1, 0.15) is 0 Å². The van der Waals surface area contributed by atoms with Crippen LogP contribution in [-0.4, -0.2) is 46.3 Å². The number of alkyl halides is 15. The molecule has 0 spiro atoms. The molecule has 0 aliphatic rings. The predicted octanol–water partition coefficient (Wildman–Crippen LogP) is 4.84. The van der Waals surface area contributed by atoms with E-state index in [9.17, 15) is 82.7 Å². The minimum Gasteiger partial charge on any atom is -0.210 e. The van der Waals surface area contributed by atoms with Crippen LogP contribution in [0.15, 0.2) is 23.1 Å². The molecule has 1 rings (SSSR count). The van der Waals surface area contributed by atoms with Crippen molar-refractivity contribution in [1.29, 1.82) is 0 Å². The summed E-state index contributed by atoms with van der Waals surface area (Å²) in [6.07, 6.45) is -37.0. The molecule has 1 aromatic rings. The smallest absolute Gasteiger partial charge is 0.210 e. The first kappa shape index (κ1) is 31.1. The van der Waals surface area contributed by atoms with Gasteiger partial charge in [-0.25, -0.2) is 16.8 Å². The van der Waals surface area contributed by atoms with E-state index in [1.165, 1.54) is 0 Å². The number of benzene rings is 1. The van der Waals surface area contributed by atoms with Crippen molar-refractivity contribution in [2.45, 2.75) is 46.9 Å². The molecule has 0 bridgehead atoms. The molecule has 5 nitrogen and oxygen atoms in total. The van der Waals surface area contributed by atoms with Crippen molar-refractivity contribution < 1.29 is 82.7 Å². The summed E-state index contributed by atoms with van der Waals surface area (Å²) < 4.78 is 232. The Morgan fingerprint density at radius 1 is 0.629 bits per heavy atom. The Morgan fingerprint density at radius 3 is 1.34 bits per heavy atom. The van der Waals surface area contributed by atoms with Gasteiger partial charge in [0, 0.05) is 0 Å². The molecule has 0 heterocycles. The van der Waals surface area contributed by atoms with Crippen molar-refractivity contribution in [3.8, 4) is 0 Å². The SMILES string of the molecule is O=S(=O)(NS(=O)(=O)C(C(F)(F)F)(C(F)(F)F)C(F)(F)F)c1cc(CC(F)(F)F)cc(C(F)(F)F)c1. The number of nitrogens with one attached hydrogen (secondary N) is 1. The first-order valence-corrected chi connectivity index (χ1v) is 10.7. The molecule has 1 aromatic carbocycles. The van der Waals surface area contributed by atoms with Crippen LogP contribution in [0.1, 0.15) is 11.1 Å². The lowest BCUT2D eigenvalue weighted by Crippen LogP contribution is -2.73. The molecule has 0 aliphatic heterocycles. The van der Waals surface area contributed by atoms with E-state index >= 15 is 0 Å². The molecule has 0 saturated carbocycles. The van der Waals surface area contributed by atoms with Gasteiger partial charge in [-0.2, -0.15) is 65.9 Å². The molecule has 0 atom stereocenters. The number of hydrogen-bond donors (Lipinski definition) is 1. The summed E-state index contributed by atoms with van der Waals surface area (Å²) in [6, 6.07) is -1.53. The fourth-order valence-corrected chi connectivity index (χ4v) is 6.05. The van der Waals surface area contributed by atoms with E-state index in [2.05, 4.69) is 0 Å². The Morgan fingerprint density at radius 2 is 1.03 bits per heavy atom. The standard InChI is InChI=1S/C13H6F15NO4S2/c14-8(15,16)4-5-1-6(9(17,18)19)3-7(2-5)34(30,31)29-35(32,33)10(11(20,21)22,12(23,24)25)13(26,27)28/h1-3,29H,4H2. The lowest BCUT2D eigenvalue weighted by molar-refractivity contribution is -0.347. The van der Waals surface area contributed by atoms with Gasteiger partial charge in [0.05, 0.1) is 16.9 Å². The lowest BCUT2D eigenvalue weighted by Gasteiger charge is -2.37. The van der Waals surface area contributed by atoms with Gasteiger partial charge in [0.15, 0.2) is 0 Å². The number of hydrogen-bond acceptors (Lipinski definition) is 4. The summed E-state index contributed by atoms with van der Waals surface area (Å²) in [6.45, 7) is 0. The van der Waals surface area contributed by atoms with Gasteiger partial charge in [-0.3, -0.25) is 0 Å². The van der Waals surface area contributed by atoms with Gasteiger partial charge in [-0.15, -0.1) is 4.13 Å². The number of rotatable bonds is 5. The van der Waals surface area contributed by atoms with Crippen molar-refractivity contribution in [2.75, 3.05) is 0 Å². The second kappa shape index (κ2) is 8.56. The Labute approximate surface area is 184 Å². The Hall–Kier alpha value is -1.97. The quantitative estimate of drug-likeness (QED) is 0.499. The molecule has 1 N–H and O–H groups in total. The van der Waals surface area contributed by atoms with E-state index in [-0.39, 0.29) is 6.07 Å². The van der Waals surface area contributed by atoms with Gasteiger partial charge >= 0.3 is 35.6 Å². The first-order chi connectivity index (χ1) is 15.0. The van der Waals surface area contributed by atoms with Gasteiger partial charge in [0.25, 0.3) is 20.0 Å². The Bertz CT molecular complexity index is 1120. The van der Waals surface area contributed by atoms with Crippen LogP contribution in [0.5, 0.6) is 0 Å². The fourth-order valence-electron chi connectivity index (χ4n) is 2.51.